The van der Waals surface area contributed by atoms with Crippen LogP contribution < -0.4 is 0 Å². The van der Waals surface area contributed by atoms with E-state index in [2.05, 4.69) is 0 Å². The van der Waals surface area contributed by atoms with E-state index in [-0.39, 0.29) is 37.9 Å². The Bertz CT molecular complexity index is 384. The van der Waals surface area contributed by atoms with E-state index in [1.54, 1.807) is 19.6 Å². The van der Waals surface area contributed by atoms with Gasteiger partial charge in [-0.1, -0.05) is 0 Å². The van der Waals surface area contributed by atoms with Crippen molar-refractivity contribution in [2.24, 2.45) is 0 Å². The molecule has 0 aliphatic carbocycles. The molecule has 2 aliphatic rings. The third-order valence-corrected chi connectivity index (χ3v) is 4.08. The molecule has 2 rings (SSSR count). The molecule has 2 fully saturated rings. The van der Waals surface area contributed by atoms with Crippen molar-refractivity contribution in [2.45, 2.75) is 40.0 Å². The van der Waals surface area contributed by atoms with Gasteiger partial charge in [-0.25, -0.2) is 9.59 Å². The minimum Gasteiger partial charge on any atom is -0.361 e. The molecule has 0 spiro atoms. The Kier molecular flexibility index (Phi) is 5.47. The van der Waals surface area contributed by atoms with E-state index in [1.807, 2.05) is 27.7 Å². The topological polar surface area (TPSA) is 65.6 Å². The number of carbonyl (C=O) groups is 2. The quantitative estimate of drug-likeness (QED) is 0.674. The molecule has 126 valence electrons. The first-order valence-electron chi connectivity index (χ1n) is 7.92. The van der Waals surface area contributed by atoms with Crippen molar-refractivity contribution in [3.8, 4) is 0 Å². The average Bonchev–Trinajstić information content (AvgIpc) is 2.93. The largest absolute Gasteiger partial charge is 0.361 e. The van der Waals surface area contributed by atoms with Crippen LogP contribution in [-0.2, 0) is 9.47 Å². The van der Waals surface area contributed by atoms with Crippen LogP contribution in [0.3, 0.4) is 0 Å². The van der Waals surface area contributed by atoms with Crippen molar-refractivity contribution < 1.29 is 19.1 Å². The predicted molar refractivity (Wildman–Crippen MR) is 79.8 cm³/mol. The molecule has 0 N–H and O–H groups in total. The molecular formula is C14H26N4O4. The molecule has 2 saturated heterocycles. The standard InChI is InChI=1S/C14H26N4O4/c1-5-15-11-12(17(13(15)19)9-21-7-3)18(10-22-8-4)14(20)16(11)6-2/h11-12H,5-10H2,1-4H3. The molecule has 4 amide bonds. The number of ether oxygens (including phenoxy) is 2. The van der Waals surface area contributed by atoms with Gasteiger partial charge >= 0.3 is 12.1 Å². The summed E-state index contributed by atoms with van der Waals surface area (Å²) in [7, 11) is 0. The second-order valence-electron chi connectivity index (χ2n) is 5.15. The van der Waals surface area contributed by atoms with Crippen molar-refractivity contribution in [1.82, 2.24) is 19.6 Å². The number of likely N-dealkylation sites (N-methyl/N-ethyl adjacent to an activating group) is 2. The summed E-state index contributed by atoms with van der Waals surface area (Å²) >= 11 is 0. The highest BCUT2D eigenvalue weighted by Gasteiger charge is 2.58. The monoisotopic (exact) mass is 314 g/mol. The lowest BCUT2D eigenvalue weighted by molar-refractivity contribution is -0.0211. The Balaban J connectivity index is 2.30. The zero-order chi connectivity index (χ0) is 16.3. The molecule has 8 nitrogen and oxygen atoms in total. The fourth-order valence-corrected chi connectivity index (χ4v) is 3.05. The highest BCUT2D eigenvalue weighted by atomic mass is 16.5. The molecule has 2 heterocycles. The zero-order valence-electron chi connectivity index (χ0n) is 13.8. The predicted octanol–water partition coefficient (Wildman–Crippen LogP) is 1.14. The molecule has 22 heavy (non-hydrogen) atoms. The number of amides is 4. The van der Waals surface area contributed by atoms with Crippen LogP contribution in [0.15, 0.2) is 0 Å². The van der Waals surface area contributed by atoms with Gasteiger partial charge in [0.15, 0.2) is 6.17 Å². The second-order valence-corrected chi connectivity index (χ2v) is 5.15. The summed E-state index contributed by atoms with van der Waals surface area (Å²) in [4.78, 5) is 31.9. The van der Waals surface area contributed by atoms with Crippen LogP contribution in [0.25, 0.3) is 0 Å². The van der Waals surface area contributed by atoms with Crippen LogP contribution in [0.5, 0.6) is 0 Å². The van der Waals surface area contributed by atoms with Crippen molar-refractivity contribution >= 4 is 12.1 Å². The lowest BCUT2D eigenvalue weighted by Crippen LogP contribution is -2.48. The fourth-order valence-electron chi connectivity index (χ4n) is 3.05. The SMILES string of the molecule is CCOCN1C(=O)N(CC)C2C1N(COCC)C(=O)N2CC. The number of nitrogens with zero attached hydrogens (tertiary/aromatic N) is 4. The van der Waals surface area contributed by atoms with Crippen molar-refractivity contribution in [1.29, 1.82) is 0 Å². The maximum absolute atomic E-state index is 12.6. The first-order valence-corrected chi connectivity index (χ1v) is 7.92. The average molecular weight is 314 g/mol. The van der Waals surface area contributed by atoms with E-state index >= 15 is 0 Å². The molecule has 0 saturated carbocycles. The Labute approximate surface area is 131 Å². The van der Waals surface area contributed by atoms with Gasteiger partial charge in [-0.2, -0.15) is 0 Å². The lowest BCUT2D eigenvalue weighted by Gasteiger charge is -2.28. The van der Waals surface area contributed by atoms with Gasteiger partial charge in [0.2, 0.25) is 0 Å². The van der Waals surface area contributed by atoms with Crippen LogP contribution in [0, 0.1) is 0 Å². The van der Waals surface area contributed by atoms with Crippen LogP contribution in [0.4, 0.5) is 9.59 Å². The highest BCUT2D eigenvalue weighted by molar-refractivity contribution is 5.85. The maximum atomic E-state index is 12.6. The Morgan fingerprint density at radius 3 is 1.41 bits per heavy atom. The minimum absolute atomic E-state index is 0.0987. The molecule has 0 aromatic carbocycles. The van der Waals surface area contributed by atoms with E-state index in [0.717, 1.165) is 0 Å². The van der Waals surface area contributed by atoms with Gasteiger partial charge in [-0.15, -0.1) is 0 Å². The molecule has 0 unspecified atom stereocenters. The van der Waals surface area contributed by atoms with Crippen LogP contribution in [0.2, 0.25) is 0 Å². The number of fused-ring (bicyclic) bond motifs is 1. The fraction of sp³-hybridized carbons (Fsp3) is 0.857. The van der Waals surface area contributed by atoms with Crippen LogP contribution >= 0.6 is 0 Å². The number of hydrogen-bond donors (Lipinski definition) is 0. The summed E-state index contributed by atoms with van der Waals surface area (Å²) in [5.41, 5.74) is 0. The smallest absolute Gasteiger partial charge is 0.325 e. The van der Waals surface area contributed by atoms with Gasteiger partial charge in [0, 0.05) is 26.3 Å². The number of hydrogen-bond acceptors (Lipinski definition) is 4. The third-order valence-electron chi connectivity index (χ3n) is 4.08. The molecule has 2 aliphatic heterocycles. The third kappa shape index (κ3) is 2.61. The van der Waals surface area contributed by atoms with Crippen molar-refractivity contribution in [2.75, 3.05) is 39.8 Å². The van der Waals surface area contributed by atoms with Gasteiger partial charge in [0.1, 0.15) is 19.6 Å². The molecule has 0 aromatic heterocycles. The maximum Gasteiger partial charge on any atom is 0.325 e. The van der Waals surface area contributed by atoms with Crippen LogP contribution in [0.1, 0.15) is 27.7 Å². The first-order chi connectivity index (χ1) is 10.6. The second kappa shape index (κ2) is 7.15. The molecular weight excluding hydrogens is 288 g/mol. The minimum atomic E-state index is -0.363. The van der Waals surface area contributed by atoms with E-state index in [0.29, 0.717) is 26.3 Å². The van der Waals surface area contributed by atoms with E-state index < -0.39 is 0 Å². The van der Waals surface area contributed by atoms with Gasteiger partial charge in [0.05, 0.1) is 0 Å². The Morgan fingerprint density at radius 2 is 1.09 bits per heavy atom. The molecule has 0 atom stereocenters. The Hall–Kier alpha value is -1.54. The van der Waals surface area contributed by atoms with Crippen molar-refractivity contribution in [3.63, 3.8) is 0 Å². The number of carbonyl (C=O) groups excluding carboxylic acids is 2. The van der Waals surface area contributed by atoms with Gasteiger partial charge in [-0.05, 0) is 27.7 Å². The highest BCUT2D eigenvalue weighted by Crippen LogP contribution is 2.34. The normalized spacial score (nSPS) is 24.7. The summed E-state index contributed by atoms with van der Waals surface area (Å²) < 4.78 is 10.9. The number of rotatable bonds is 8. The summed E-state index contributed by atoms with van der Waals surface area (Å²) in [6.07, 6.45) is -0.645. The molecule has 0 radical (unpaired) electrons. The molecule has 0 aromatic rings. The summed E-state index contributed by atoms with van der Waals surface area (Å²) in [6.45, 7) is 10.1. The summed E-state index contributed by atoms with van der Waals surface area (Å²) in [6, 6.07) is -0.197. The van der Waals surface area contributed by atoms with Gasteiger partial charge in [0.25, 0.3) is 0 Å². The lowest BCUT2D eigenvalue weighted by atomic mass is 10.3. The van der Waals surface area contributed by atoms with Gasteiger partial charge < -0.3 is 19.3 Å². The number of urea groups is 2. The van der Waals surface area contributed by atoms with E-state index in [9.17, 15) is 9.59 Å². The van der Waals surface area contributed by atoms with E-state index in [1.165, 1.54) is 0 Å². The zero-order valence-corrected chi connectivity index (χ0v) is 13.8. The Morgan fingerprint density at radius 1 is 0.727 bits per heavy atom. The first kappa shape index (κ1) is 16.8. The van der Waals surface area contributed by atoms with Gasteiger partial charge in [-0.3, -0.25) is 9.80 Å². The molecule has 8 heteroatoms. The van der Waals surface area contributed by atoms with E-state index in [4.69, 9.17) is 9.47 Å². The van der Waals surface area contributed by atoms with Crippen molar-refractivity contribution in [3.05, 3.63) is 0 Å². The molecule has 0 bridgehead atoms. The van der Waals surface area contributed by atoms with Crippen LogP contribution in [-0.4, -0.2) is 83.8 Å². The summed E-state index contributed by atoms with van der Waals surface area (Å²) in [5.74, 6) is 0. The summed E-state index contributed by atoms with van der Waals surface area (Å²) in [5, 5.41) is 0.